The number of nitrogens with zero attached hydrogens (tertiary/aromatic N) is 3. The van der Waals surface area contributed by atoms with Crippen molar-refractivity contribution in [3.8, 4) is 29.0 Å². The number of carbonyl (C=O) groups is 1. The van der Waals surface area contributed by atoms with E-state index in [1.165, 1.54) is 29.9 Å². The first-order valence-electron chi connectivity index (χ1n) is 11.8. The Morgan fingerprint density at radius 3 is 2.45 bits per heavy atom. The maximum absolute atomic E-state index is 13.7. The third kappa shape index (κ3) is 5.92. The number of esters is 1. The lowest BCUT2D eigenvalue weighted by Crippen LogP contribution is -2.29. The Labute approximate surface area is 218 Å². The van der Waals surface area contributed by atoms with Gasteiger partial charge in [0.15, 0.2) is 11.5 Å². The van der Waals surface area contributed by atoms with Crippen LogP contribution in [0.5, 0.6) is 29.0 Å². The lowest BCUT2D eigenvalue weighted by molar-refractivity contribution is -0.140. The molecule has 0 radical (unpaired) electrons. The van der Waals surface area contributed by atoms with Crippen LogP contribution in [0.1, 0.15) is 34.7 Å². The number of pyridine rings is 1. The second kappa shape index (κ2) is 11.5. The summed E-state index contributed by atoms with van der Waals surface area (Å²) in [4.78, 5) is 34.2. The van der Waals surface area contributed by atoms with Gasteiger partial charge in [-0.15, -0.1) is 0 Å². The van der Waals surface area contributed by atoms with E-state index >= 15 is 0 Å². The summed E-state index contributed by atoms with van der Waals surface area (Å²) < 4.78 is 12.1. The minimum atomic E-state index is -0.834. The number of hydrogen-bond donors (Lipinski definition) is 3. The minimum Gasteiger partial charge on any atom is -0.507 e. The maximum atomic E-state index is 13.7. The Morgan fingerprint density at radius 1 is 0.974 bits per heavy atom. The van der Waals surface area contributed by atoms with E-state index in [9.17, 15) is 24.9 Å². The molecule has 10 heteroatoms. The number of carbonyl (C=O) groups excluding carboxylic acids is 1. The van der Waals surface area contributed by atoms with Crippen LogP contribution in [0.4, 0.5) is 0 Å². The van der Waals surface area contributed by atoms with Gasteiger partial charge in [0.05, 0.1) is 19.1 Å². The van der Waals surface area contributed by atoms with Crippen molar-refractivity contribution < 1.29 is 29.6 Å². The largest absolute Gasteiger partial charge is 0.507 e. The van der Waals surface area contributed by atoms with Gasteiger partial charge < -0.3 is 29.4 Å². The number of rotatable bonds is 9. The predicted molar refractivity (Wildman–Crippen MR) is 138 cm³/mol. The molecule has 0 aliphatic rings. The number of methoxy groups -OCH3 is 1. The van der Waals surface area contributed by atoms with Crippen LogP contribution in [0.2, 0.25) is 0 Å². The SMILES string of the molecule is COC(=O)C[C@@H](c1cccc(Oc2ncccn2)c1)c1c(O)cc(C)n(CCc2ccc(O)c(O)c2)c1=O. The predicted octanol–water partition coefficient (Wildman–Crippen LogP) is 3.79. The van der Waals surface area contributed by atoms with Gasteiger partial charge in [0.25, 0.3) is 5.56 Å². The van der Waals surface area contributed by atoms with Gasteiger partial charge in [0.1, 0.15) is 11.5 Å². The first kappa shape index (κ1) is 26.2. The van der Waals surface area contributed by atoms with E-state index in [1.54, 1.807) is 55.7 Å². The number of phenolic OH excluding ortho intramolecular Hbond substituents is 2. The van der Waals surface area contributed by atoms with Gasteiger partial charge in [-0.3, -0.25) is 9.59 Å². The zero-order valence-electron chi connectivity index (χ0n) is 20.9. The summed E-state index contributed by atoms with van der Waals surface area (Å²) in [5.41, 5.74) is 1.37. The molecule has 196 valence electrons. The van der Waals surface area contributed by atoms with Crippen molar-refractivity contribution in [2.45, 2.75) is 32.2 Å². The Bertz CT molecular complexity index is 1500. The molecule has 4 rings (SSSR count). The molecule has 38 heavy (non-hydrogen) atoms. The summed E-state index contributed by atoms with van der Waals surface area (Å²) in [6, 6.07) is 14.5. The first-order chi connectivity index (χ1) is 18.3. The van der Waals surface area contributed by atoms with Gasteiger partial charge in [-0.1, -0.05) is 18.2 Å². The Kier molecular flexibility index (Phi) is 7.91. The number of phenols is 2. The summed E-state index contributed by atoms with van der Waals surface area (Å²) in [6.45, 7) is 1.93. The number of aromatic hydroxyl groups is 3. The molecule has 0 saturated carbocycles. The van der Waals surface area contributed by atoms with E-state index < -0.39 is 17.4 Å². The van der Waals surface area contributed by atoms with Crippen LogP contribution in [0.3, 0.4) is 0 Å². The summed E-state index contributed by atoms with van der Waals surface area (Å²) in [5.74, 6) is -1.72. The molecule has 2 heterocycles. The molecular weight excluding hydrogens is 490 g/mol. The highest BCUT2D eigenvalue weighted by Crippen LogP contribution is 2.34. The average molecular weight is 518 g/mol. The van der Waals surface area contributed by atoms with E-state index in [4.69, 9.17) is 9.47 Å². The van der Waals surface area contributed by atoms with Crippen molar-refractivity contribution in [3.63, 3.8) is 0 Å². The van der Waals surface area contributed by atoms with Gasteiger partial charge in [-0.25, -0.2) is 9.97 Å². The van der Waals surface area contributed by atoms with Gasteiger partial charge in [-0.05, 0) is 60.9 Å². The lowest BCUT2D eigenvalue weighted by Gasteiger charge is -2.21. The number of aryl methyl sites for hydroxylation is 2. The average Bonchev–Trinajstić information content (AvgIpc) is 2.90. The smallest absolute Gasteiger partial charge is 0.321 e. The molecule has 0 aliphatic heterocycles. The molecule has 2 aromatic carbocycles. The molecule has 0 bridgehead atoms. The fourth-order valence-electron chi connectivity index (χ4n) is 4.21. The minimum absolute atomic E-state index is 0.0441. The zero-order valence-corrected chi connectivity index (χ0v) is 20.9. The van der Waals surface area contributed by atoms with Crippen molar-refractivity contribution in [1.29, 1.82) is 0 Å². The second-order valence-corrected chi connectivity index (χ2v) is 8.65. The molecule has 0 unspecified atom stereocenters. The van der Waals surface area contributed by atoms with Crippen LogP contribution in [0.15, 0.2) is 71.8 Å². The molecule has 10 nitrogen and oxygen atoms in total. The number of aromatic nitrogens is 3. The molecule has 0 spiro atoms. The molecule has 0 saturated heterocycles. The van der Waals surface area contributed by atoms with Crippen LogP contribution < -0.4 is 10.3 Å². The van der Waals surface area contributed by atoms with Crippen molar-refractivity contribution in [3.05, 3.63) is 99.7 Å². The Balaban J connectivity index is 1.72. The summed E-state index contributed by atoms with van der Waals surface area (Å²) in [6.07, 6.45) is 3.26. The zero-order chi connectivity index (χ0) is 27.2. The summed E-state index contributed by atoms with van der Waals surface area (Å²) in [5, 5.41) is 30.2. The highest BCUT2D eigenvalue weighted by Gasteiger charge is 2.27. The van der Waals surface area contributed by atoms with Crippen LogP contribution in [-0.4, -0.2) is 42.9 Å². The number of ether oxygens (including phenoxy) is 2. The van der Waals surface area contributed by atoms with E-state index in [-0.39, 0.29) is 41.8 Å². The standard InChI is InChI=1S/C28H27N3O7/c1-17-13-24(34)26(27(36)31(17)12-9-18-7-8-22(32)23(33)14-18)21(16-25(35)37-2)19-5-3-6-20(15-19)38-28-29-10-4-11-30-28/h3-8,10-11,13-15,21,32-34H,9,12,16H2,1-2H3/t21-/m0/s1. The quantitative estimate of drug-likeness (QED) is 0.223. The number of benzene rings is 2. The molecule has 0 aliphatic carbocycles. The van der Waals surface area contributed by atoms with Crippen LogP contribution in [0.25, 0.3) is 0 Å². The molecular formula is C28H27N3O7. The maximum Gasteiger partial charge on any atom is 0.321 e. The molecule has 3 N–H and O–H groups in total. The van der Waals surface area contributed by atoms with E-state index in [2.05, 4.69) is 9.97 Å². The summed E-state index contributed by atoms with van der Waals surface area (Å²) >= 11 is 0. The van der Waals surface area contributed by atoms with Crippen LogP contribution in [0, 0.1) is 6.92 Å². The van der Waals surface area contributed by atoms with Crippen molar-refractivity contribution in [2.75, 3.05) is 7.11 Å². The van der Waals surface area contributed by atoms with Gasteiger partial charge in [-0.2, -0.15) is 0 Å². The third-order valence-corrected chi connectivity index (χ3v) is 6.15. The Morgan fingerprint density at radius 2 is 1.74 bits per heavy atom. The highest BCUT2D eigenvalue weighted by atomic mass is 16.5. The highest BCUT2D eigenvalue weighted by molar-refractivity contribution is 5.71. The number of hydrogen-bond acceptors (Lipinski definition) is 9. The lowest BCUT2D eigenvalue weighted by atomic mass is 9.88. The molecule has 1 atom stereocenters. The molecule has 0 fully saturated rings. The van der Waals surface area contributed by atoms with E-state index in [0.29, 0.717) is 29.0 Å². The first-order valence-corrected chi connectivity index (χ1v) is 11.8. The van der Waals surface area contributed by atoms with Gasteiger partial charge >= 0.3 is 12.0 Å². The van der Waals surface area contributed by atoms with Crippen molar-refractivity contribution >= 4 is 5.97 Å². The summed E-state index contributed by atoms with van der Waals surface area (Å²) in [7, 11) is 1.26. The third-order valence-electron chi connectivity index (χ3n) is 6.15. The van der Waals surface area contributed by atoms with Crippen molar-refractivity contribution in [1.82, 2.24) is 14.5 Å². The Hall–Kier alpha value is -4.86. The normalized spacial score (nSPS) is 11.6. The monoisotopic (exact) mass is 517 g/mol. The van der Waals surface area contributed by atoms with Crippen LogP contribution >= 0.6 is 0 Å². The molecule has 0 amide bonds. The molecule has 4 aromatic rings. The van der Waals surface area contributed by atoms with E-state index in [1.807, 2.05) is 0 Å². The second-order valence-electron chi connectivity index (χ2n) is 8.65. The van der Waals surface area contributed by atoms with Crippen LogP contribution in [-0.2, 0) is 22.5 Å². The topological polar surface area (TPSA) is 144 Å². The molecule has 2 aromatic heterocycles. The fraction of sp³-hybridized carbons (Fsp3) is 0.214. The van der Waals surface area contributed by atoms with Gasteiger partial charge in [0, 0.05) is 30.6 Å². The van der Waals surface area contributed by atoms with Gasteiger partial charge in [0.2, 0.25) is 0 Å². The van der Waals surface area contributed by atoms with E-state index in [0.717, 1.165) is 0 Å². The fourth-order valence-corrected chi connectivity index (χ4v) is 4.21. The van der Waals surface area contributed by atoms with Crippen molar-refractivity contribution in [2.24, 2.45) is 0 Å².